The molecule has 0 spiro atoms. The van der Waals surface area contributed by atoms with Gasteiger partial charge in [-0.15, -0.1) is 0 Å². The molecule has 2 nitrogen and oxygen atoms in total. The molecule has 3 heteroatoms. The standard InChI is InChI=1S/C19H25ClN2/c1-3-4-5-7-16(2)19(22-14-12-21-13-15-22)17-8-6-9-18(20)11-10-17/h3-5,7-11,19,21H,2,6,12-15H2,1H3/b4-3-,7-5-. The Balaban J connectivity index is 2.22. The van der Waals surface area contributed by atoms with Crippen molar-refractivity contribution in [3.63, 3.8) is 0 Å². The maximum Gasteiger partial charge on any atom is 0.0593 e. The molecule has 0 amide bonds. The van der Waals surface area contributed by atoms with E-state index in [0.717, 1.165) is 43.2 Å². The lowest BCUT2D eigenvalue weighted by atomic mass is 9.95. The summed E-state index contributed by atoms with van der Waals surface area (Å²) in [6.45, 7) is 10.5. The summed E-state index contributed by atoms with van der Waals surface area (Å²) in [5.41, 5.74) is 2.40. The Morgan fingerprint density at radius 3 is 2.77 bits per heavy atom. The summed E-state index contributed by atoms with van der Waals surface area (Å²) in [6.07, 6.45) is 17.5. The van der Waals surface area contributed by atoms with Gasteiger partial charge in [-0.2, -0.15) is 0 Å². The Labute approximate surface area is 139 Å². The normalized spacial score (nSPS) is 21.7. The average Bonchev–Trinajstić information content (AvgIpc) is 2.74. The van der Waals surface area contributed by atoms with E-state index in [9.17, 15) is 0 Å². The zero-order chi connectivity index (χ0) is 15.8. The molecule has 2 aliphatic rings. The molecule has 1 aliphatic carbocycles. The second-order valence-electron chi connectivity index (χ2n) is 5.51. The van der Waals surface area contributed by atoms with Crippen LogP contribution in [0, 0.1) is 0 Å². The van der Waals surface area contributed by atoms with Gasteiger partial charge in [-0.1, -0.05) is 60.7 Å². The summed E-state index contributed by atoms with van der Waals surface area (Å²) in [4.78, 5) is 2.49. The molecule has 1 fully saturated rings. The number of halogens is 1. The highest BCUT2D eigenvalue weighted by Crippen LogP contribution is 2.24. The lowest BCUT2D eigenvalue weighted by Gasteiger charge is -2.36. The van der Waals surface area contributed by atoms with Crippen molar-refractivity contribution < 1.29 is 0 Å². The van der Waals surface area contributed by atoms with E-state index in [4.69, 9.17) is 11.6 Å². The first kappa shape index (κ1) is 17.0. The van der Waals surface area contributed by atoms with Gasteiger partial charge in [0.2, 0.25) is 0 Å². The van der Waals surface area contributed by atoms with Gasteiger partial charge in [0, 0.05) is 31.2 Å². The highest BCUT2D eigenvalue weighted by atomic mass is 35.5. The third-order valence-corrected chi connectivity index (χ3v) is 4.18. The Bertz CT molecular complexity index is 532. The molecule has 0 bridgehead atoms. The van der Waals surface area contributed by atoms with Crippen molar-refractivity contribution in [2.24, 2.45) is 0 Å². The first-order valence-electron chi connectivity index (χ1n) is 7.89. The monoisotopic (exact) mass is 316 g/mol. The predicted molar refractivity (Wildman–Crippen MR) is 97.1 cm³/mol. The maximum absolute atomic E-state index is 6.13. The first-order valence-corrected chi connectivity index (χ1v) is 8.27. The number of hydrogen-bond acceptors (Lipinski definition) is 2. The van der Waals surface area contributed by atoms with E-state index < -0.39 is 0 Å². The minimum atomic E-state index is 0.218. The number of nitrogens with zero attached hydrogens (tertiary/aromatic N) is 1. The van der Waals surface area contributed by atoms with E-state index in [1.807, 2.05) is 31.2 Å². The fourth-order valence-electron chi connectivity index (χ4n) is 2.80. The summed E-state index contributed by atoms with van der Waals surface area (Å²) >= 11 is 6.13. The van der Waals surface area contributed by atoms with Gasteiger partial charge >= 0.3 is 0 Å². The molecule has 0 aromatic heterocycles. The molecule has 1 saturated heterocycles. The molecule has 1 atom stereocenters. The second kappa shape index (κ2) is 8.94. The molecule has 2 rings (SSSR count). The smallest absolute Gasteiger partial charge is 0.0593 e. The molecule has 1 aliphatic heterocycles. The van der Waals surface area contributed by atoms with Crippen molar-refractivity contribution in [3.8, 4) is 0 Å². The summed E-state index contributed by atoms with van der Waals surface area (Å²) in [5.74, 6) is 0. The van der Waals surface area contributed by atoms with Crippen LogP contribution in [0.15, 0.2) is 71.4 Å². The summed E-state index contributed by atoms with van der Waals surface area (Å²) in [6, 6.07) is 0.218. The van der Waals surface area contributed by atoms with Gasteiger partial charge in [-0.3, -0.25) is 4.90 Å². The van der Waals surface area contributed by atoms with Crippen molar-refractivity contribution >= 4 is 11.6 Å². The quantitative estimate of drug-likeness (QED) is 0.772. The van der Waals surface area contributed by atoms with Gasteiger partial charge < -0.3 is 5.32 Å². The molecule has 1 heterocycles. The van der Waals surface area contributed by atoms with Crippen LogP contribution in [-0.2, 0) is 0 Å². The van der Waals surface area contributed by atoms with Crippen LogP contribution in [0.25, 0.3) is 0 Å². The van der Waals surface area contributed by atoms with Crippen LogP contribution in [0.5, 0.6) is 0 Å². The zero-order valence-electron chi connectivity index (χ0n) is 13.3. The van der Waals surface area contributed by atoms with Crippen LogP contribution in [0.4, 0.5) is 0 Å². The Morgan fingerprint density at radius 1 is 1.27 bits per heavy atom. The SMILES string of the molecule is C=C(/C=C\C=C/C)C(C1=CCC=C(Cl)C=C1)N1CCNCC1. The minimum absolute atomic E-state index is 0.218. The lowest BCUT2D eigenvalue weighted by molar-refractivity contribution is 0.218. The van der Waals surface area contributed by atoms with Crippen LogP contribution in [-0.4, -0.2) is 37.1 Å². The molecule has 22 heavy (non-hydrogen) atoms. The van der Waals surface area contributed by atoms with Crippen molar-refractivity contribution in [1.29, 1.82) is 0 Å². The Morgan fingerprint density at radius 2 is 2.05 bits per heavy atom. The number of rotatable bonds is 5. The van der Waals surface area contributed by atoms with Gasteiger partial charge in [0.25, 0.3) is 0 Å². The van der Waals surface area contributed by atoms with E-state index >= 15 is 0 Å². The second-order valence-corrected chi connectivity index (χ2v) is 5.95. The fourth-order valence-corrected chi connectivity index (χ4v) is 2.96. The van der Waals surface area contributed by atoms with Crippen LogP contribution in [0.2, 0.25) is 0 Å². The third kappa shape index (κ3) is 4.84. The molecular weight excluding hydrogens is 292 g/mol. The van der Waals surface area contributed by atoms with Crippen molar-refractivity contribution in [1.82, 2.24) is 10.2 Å². The van der Waals surface area contributed by atoms with E-state index in [2.05, 4.69) is 41.1 Å². The Kier molecular flexibility index (Phi) is 6.91. The fraction of sp³-hybridized carbons (Fsp3) is 0.368. The topological polar surface area (TPSA) is 15.3 Å². The lowest BCUT2D eigenvalue weighted by Crippen LogP contribution is -2.49. The molecular formula is C19H25ClN2. The molecule has 0 saturated carbocycles. The first-order chi connectivity index (χ1) is 10.7. The third-order valence-electron chi connectivity index (χ3n) is 3.90. The largest absolute Gasteiger partial charge is 0.314 e. The van der Waals surface area contributed by atoms with Gasteiger partial charge in [0.1, 0.15) is 0 Å². The van der Waals surface area contributed by atoms with Crippen molar-refractivity contribution in [2.45, 2.75) is 19.4 Å². The van der Waals surface area contributed by atoms with E-state index in [0.29, 0.717) is 0 Å². The van der Waals surface area contributed by atoms with Gasteiger partial charge in [-0.25, -0.2) is 0 Å². The number of piperazine rings is 1. The molecule has 1 unspecified atom stereocenters. The van der Waals surface area contributed by atoms with Crippen LogP contribution < -0.4 is 5.32 Å². The number of hydrogen-bond donors (Lipinski definition) is 1. The number of allylic oxidation sites excluding steroid dienone is 7. The van der Waals surface area contributed by atoms with Gasteiger partial charge in [-0.05, 0) is 30.6 Å². The van der Waals surface area contributed by atoms with Crippen molar-refractivity contribution in [2.75, 3.05) is 26.2 Å². The van der Waals surface area contributed by atoms with E-state index in [1.54, 1.807) is 0 Å². The highest BCUT2D eigenvalue weighted by molar-refractivity contribution is 6.31. The van der Waals surface area contributed by atoms with Crippen LogP contribution in [0.1, 0.15) is 13.3 Å². The van der Waals surface area contributed by atoms with Crippen LogP contribution >= 0.6 is 11.6 Å². The zero-order valence-corrected chi connectivity index (χ0v) is 14.0. The molecule has 118 valence electrons. The Hall–Kier alpha value is -1.35. The molecule has 0 aromatic carbocycles. The average molecular weight is 317 g/mol. The van der Waals surface area contributed by atoms with Crippen molar-refractivity contribution in [3.05, 3.63) is 71.4 Å². The van der Waals surface area contributed by atoms with Gasteiger partial charge in [0.15, 0.2) is 0 Å². The molecule has 0 aromatic rings. The summed E-state index contributed by atoms with van der Waals surface area (Å²) in [5, 5.41) is 4.22. The summed E-state index contributed by atoms with van der Waals surface area (Å²) in [7, 11) is 0. The van der Waals surface area contributed by atoms with E-state index in [-0.39, 0.29) is 6.04 Å². The van der Waals surface area contributed by atoms with Gasteiger partial charge in [0.05, 0.1) is 6.04 Å². The van der Waals surface area contributed by atoms with E-state index in [1.165, 1.54) is 5.57 Å². The molecule has 0 radical (unpaired) electrons. The summed E-state index contributed by atoms with van der Waals surface area (Å²) < 4.78 is 0. The van der Waals surface area contributed by atoms with Crippen LogP contribution in [0.3, 0.4) is 0 Å². The molecule has 1 N–H and O–H groups in total. The highest BCUT2D eigenvalue weighted by Gasteiger charge is 2.24. The number of nitrogens with one attached hydrogen (secondary N) is 1. The minimum Gasteiger partial charge on any atom is -0.314 e. The maximum atomic E-state index is 6.13. The predicted octanol–water partition coefficient (Wildman–Crippen LogP) is 3.96.